The van der Waals surface area contributed by atoms with Gasteiger partial charge in [0.1, 0.15) is 0 Å². The minimum atomic E-state index is 0.678. The van der Waals surface area contributed by atoms with E-state index in [-0.39, 0.29) is 0 Å². The second-order valence-corrected chi connectivity index (χ2v) is 15.8. The van der Waals surface area contributed by atoms with Crippen molar-refractivity contribution in [3.8, 4) is 28.3 Å². The minimum Gasteiger partial charge on any atom is -0.277 e. The van der Waals surface area contributed by atoms with Crippen molar-refractivity contribution in [3.05, 3.63) is 164 Å². The maximum Gasteiger partial charge on any atom is 0.235 e. The van der Waals surface area contributed by atoms with Crippen LogP contribution in [-0.4, -0.2) is 14.5 Å². The van der Waals surface area contributed by atoms with Gasteiger partial charge in [0, 0.05) is 57.7 Å². The second-order valence-electron chi connectivity index (χ2n) is 13.7. The van der Waals surface area contributed by atoms with Crippen LogP contribution >= 0.6 is 22.7 Å². The molecule has 0 N–H and O–H groups in total. The van der Waals surface area contributed by atoms with E-state index >= 15 is 0 Å². The third-order valence-electron chi connectivity index (χ3n) is 10.8. The Morgan fingerprint density at radius 3 is 1.98 bits per heavy atom. The number of para-hydroxylation sites is 1. The molecule has 0 aliphatic carbocycles. The fourth-order valence-corrected chi connectivity index (χ4v) is 10.8. The number of nitrogens with zero attached hydrogens (tertiary/aromatic N) is 3. The molecule has 0 unspecified atom stereocenters. The van der Waals surface area contributed by atoms with Crippen LogP contribution in [0.5, 0.6) is 0 Å². The Hall–Kier alpha value is -6.40. The first kappa shape index (κ1) is 29.2. The lowest BCUT2D eigenvalue weighted by Gasteiger charge is -2.13. The van der Waals surface area contributed by atoms with Gasteiger partial charge in [0.15, 0.2) is 0 Å². The summed E-state index contributed by atoms with van der Waals surface area (Å²) in [5.41, 5.74) is 7.63. The van der Waals surface area contributed by atoms with Crippen molar-refractivity contribution in [2.45, 2.75) is 0 Å². The van der Waals surface area contributed by atoms with Gasteiger partial charge in [0.25, 0.3) is 0 Å². The molecule has 0 spiro atoms. The Balaban J connectivity index is 1.25. The highest BCUT2D eigenvalue weighted by atomic mass is 32.1. The fraction of sp³-hybridized carbons (Fsp3) is 0. The van der Waals surface area contributed by atoms with Crippen LogP contribution in [0.25, 0.3) is 112 Å². The Kier molecular flexibility index (Phi) is 6.09. The van der Waals surface area contributed by atoms with Crippen LogP contribution in [0.2, 0.25) is 0 Å². The molecule has 0 amide bonds. The van der Waals surface area contributed by atoms with Crippen molar-refractivity contribution in [1.29, 1.82) is 0 Å². The molecule has 0 bridgehead atoms. The molecule has 12 rings (SSSR count). The number of fused-ring (bicyclic) bond motifs is 12. The van der Waals surface area contributed by atoms with Gasteiger partial charge in [-0.3, -0.25) is 4.57 Å². The molecule has 8 aromatic carbocycles. The summed E-state index contributed by atoms with van der Waals surface area (Å²) in [5.74, 6) is 0.678. The van der Waals surface area contributed by atoms with Gasteiger partial charge in [-0.05, 0) is 45.8 Å². The molecular weight excluding hydrogens is 683 g/mol. The van der Waals surface area contributed by atoms with E-state index in [0.717, 1.165) is 37.9 Å². The van der Waals surface area contributed by atoms with Gasteiger partial charge in [0.2, 0.25) is 5.95 Å². The molecular formula is C48H27N3S2. The van der Waals surface area contributed by atoms with E-state index in [1.165, 1.54) is 68.3 Å². The van der Waals surface area contributed by atoms with Crippen molar-refractivity contribution in [1.82, 2.24) is 14.5 Å². The number of hydrogen-bond donors (Lipinski definition) is 0. The summed E-state index contributed by atoms with van der Waals surface area (Å²) in [5, 5.41) is 11.1. The van der Waals surface area contributed by atoms with Crippen LogP contribution < -0.4 is 0 Å². The Morgan fingerprint density at radius 1 is 0.434 bits per heavy atom. The van der Waals surface area contributed by atoms with Crippen LogP contribution in [0, 0.1) is 0 Å². The van der Waals surface area contributed by atoms with Crippen LogP contribution in [0.3, 0.4) is 0 Å². The topological polar surface area (TPSA) is 30.7 Å². The zero-order valence-electron chi connectivity index (χ0n) is 28.2. The highest BCUT2D eigenvalue weighted by Gasteiger charge is 2.23. The highest BCUT2D eigenvalue weighted by Crippen LogP contribution is 2.47. The van der Waals surface area contributed by atoms with Crippen LogP contribution in [0.1, 0.15) is 0 Å². The predicted octanol–water partition coefficient (Wildman–Crippen LogP) is 13.9. The molecule has 12 aromatic rings. The van der Waals surface area contributed by atoms with Crippen LogP contribution in [0.4, 0.5) is 0 Å². The Morgan fingerprint density at radius 2 is 1.11 bits per heavy atom. The smallest absolute Gasteiger partial charge is 0.235 e. The van der Waals surface area contributed by atoms with E-state index < -0.39 is 0 Å². The van der Waals surface area contributed by atoms with E-state index in [4.69, 9.17) is 9.97 Å². The molecule has 5 heteroatoms. The first-order chi connectivity index (χ1) is 26.3. The van der Waals surface area contributed by atoms with Crippen molar-refractivity contribution < 1.29 is 0 Å². The zero-order valence-corrected chi connectivity index (χ0v) is 29.9. The molecule has 3 nitrogen and oxygen atoms in total. The van der Waals surface area contributed by atoms with Crippen molar-refractivity contribution in [2.24, 2.45) is 0 Å². The fourth-order valence-electron chi connectivity index (χ4n) is 8.43. The molecule has 53 heavy (non-hydrogen) atoms. The summed E-state index contributed by atoms with van der Waals surface area (Å²) in [6.45, 7) is 0. The average molecular weight is 710 g/mol. The van der Waals surface area contributed by atoms with Gasteiger partial charge in [-0.15, -0.1) is 22.7 Å². The molecule has 4 heterocycles. The number of hydrogen-bond acceptors (Lipinski definition) is 4. The quantitative estimate of drug-likeness (QED) is 0.183. The van der Waals surface area contributed by atoms with Crippen LogP contribution in [0.15, 0.2) is 164 Å². The van der Waals surface area contributed by atoms with Crippen molar-refractivity contribution in [3.63, 3.8) is 0 Å². The summed E-state index contributed by atoms with van der Waals surface area (Å²) < 4.78 is 7.25. The van der Waals surface area contributed by atoms with E-state index in [0.29, 0.717) is 5.95 Å². The normalized spacial score (nSPS) is 12.2. The van der Waals surface area contributed by atoms with Crippen molar-refractivity contribution >= 4 is 106 Å². The highest BCUT2D eigenvalue weighted by molar-refractivity contribution is 7.26. The molecule has 0 atom stereocenters. The van der Waals surface area contributed by atoms with Gasteiger partial charge in [-0.1, -0.05) is 140 Å². The molecule has 4 aromatic heterocycles. The summed E-state index contributed by atoms with van der Waals surface area (Å²) >= 11 is 3.65. The van der Waals surface area contributed by atoms with Gasteiger partial charge in [-0.2, -0.15) is 0 Å². The first-order valence-electron chi connectivity index (χ1n) is 17.8. The molecule has 0 fully saturated rings. The molecule has 0 radical (unpaired) electrons. The Labute approximate surface area is 311 Å². The largest absolute Gasteiger partial charge is 0.277 e. The van der Waals surface area contributed by atoms with Gasteiger partial charge in [-0.25, -0.2) is 9.97 Å². The lowest BCUT2D eigenvalue weighted by Crippen LogP contribution is -2.03. The standard InChI is InChI=1S/C48H27N3S2/c1-2-13-29(14-3-1)43-47-44(36-18-8-9-23-40(36)52-47)50-48(49-43)51-39-27-31-16-5-4-15-30(31)26-38(39)34-20-10-19-33(45(34)51)35-21-11-22-37-42-32-17-7-6-12-28(32)24-25-41(42)53-46(35)37/h1-27H. The zero-order chi connectivity index (χ0) is 34.6. The molecule has 0 saturated heterocycles. The van der Waals surface area contributed by atoms with Gasteiger partial charge < -0.3 is 0 Å². The summed E-state index contributed by atoms with van der Waals surface area (Å²) in [6, 6.07) is 59.3. The maximum absolute atomic E-state index is 5.52. The van der Waals surface area contributed by atoms with Gasteiger partial charge >= 0.3 is 0 Å². The van der Waals surface area contributed by atoms with E-state index in [9.17, 15) is 0 Å². The number of rotatable bonds is 3. The van der Waals surface area contributed by atoms with Crippen LogP contribution in [-0.2, 0) is 0 Å². The van der Waals surface area contributed by atoms with E-state index in [1.54, 1.807) is 11.3 Å². The number of benzene rings is 8. The predicted molar refractivity (Wildman–Crippen MR) is 228 cm³/mol. The van der Waals surface area contributed by atoms with Crippen molar-refractivity contribution in [2.75, 3.05) is 0 Å². The minimum absolute atomic E-state index is 0.678. The third kappa shape index (κ3) is 4.20. The van der Waals surface area contributed by atoms with E-state index in [1.807, 2.05) is 11.3 Å². The first-order valence-corrected chi connectivity index (χ1v) is 19.5. The molecule has 0 aliphatic heterocycles. The average Bonchev–Trinajstić information content (AvgIpc) is 3.89. The molecule has 0 aliphatic rings. The molecule has 0 saturated carbocycles. The summed E-state index contributed by atoms with van der Waals surface area (Å²) in [4.78, 5) is 11.0. The number of aromatic nitrogens is 3. The third-order valence-corrected chi connectivity index (χ3v) is 13.2. The lowest BCUT2D eigenvalue weighted by molar-refractivity contribution is 1.02. The monoisotopic (exact) mass is 709 g/mol. The maximum atomic E-state index is 5.52. The lowest BCUT2D eigenvalue weighted by atomic mass is 9.98. The Bertz CT molecular complexity index is 3460. The molecule has 246 valence electrons. The van der Waals surface area contributed by atoms with E-state index in [2.05, 4.69) is 168 Å². The summed E-state index contributed by atoms with van der Waals surface area (Å²) in [7, 11) is 0. The summed E-state index contributed by atoms with van der Waals surface area (Å²) in [6.07, 6.45) is 0. The SMILES string of the molecule is c1ccc(-c2nc(-n3c4cc5ccccc5cc4c4cccc(-c5cccc6c5sc5ccc7ccccc7c56)c43)nc3c2sc2ccccc23)cc1. The van der Waals surface area contributed by atoms with Gasteiger partial charge in [0.05, 0.1) is 26.9 Å². The second kappa shape index (κ2) is 11.1. The number of thiophene rings is 2.